The molecule has 1 heterocycles. The highest BCUT2D eigenvalue weighted by Gasteiger charge is 2.23. The third-order valence-corrected chi connectivity index (χ3v) is 5.21. The summed E-state index contributed by atoms with van der Waals surface area (Å²) in [6.45, 7) is 2.18. The number of benzene rings is 2. The van der Waals surface area contributed by atoms with Crippen molar-refractivity contribution in [3.63, 3.8) is 0 Å². The van der Waals surface area contributed by atoms with Crippen LogP contribution in [0, 0.1) is 6.92 Å². The van der Waals surface area contributed by atoms with Crippen molar-refractivity contribution >= 4 is 15.7 Å². The second-order valence-electron chi connectivity index (χ2n) is 6.04. The van der Waals surface area contributed by atoms with Gasteiger partial charge in [0.05, 0.1) is 10.9 Å². The van der Waals surface area contributed by atoms with E-state index >= 15 is 0 Å². The van der Waals surface area contributed by atoms with Crippen LogP contribution in [0.5, 0.6) is 5.75 Å². The Morgan fingerprint density at radius 2 is 1.96 bits per heavy atom. The predicted molar refractivity (Wildman–Crippen MR) is 91.2 cm³/mol. The van der Waals surface area contributed by atoms with Crippen LogP contribution in [0.1, 0.15) is 21.5 Å². The lowest BCUT2D eigenvalue weighted by Gasteiger charge is -2.26. The van der Waals surface area contributed by atoms with Crippen LogP contribution in [0.2, 0.25) is 0 Å². The number of carbonyl (C=O) groups excluding carboxylic acids is 1. The van der Waals surface area contributed by atoms with Gasteiger partial charge in [-0.25, -0.2) is 8.42 Å². The molecule has 0 spiro atoms. The summed E-state index contributed by atoms with van der Waals surface area (Å²) < 4.78 is 29.1. The molecular formula is C18H19NO4S. The van der Waals surface area contributed by atoms with Crippen molar-refractivity contribution in [3.8, 4) is 5.75 Å². The molecule has 1 N–H and O–H groups in total. The van der Waals surface area contributed by atoms with Gasteiger partial charge in [-0.15, -0.1) is 0 Å². The number of carbonyl (C=O) groups is 1. The summed E-state index contributed by atoms with van der Waals surface area (Å²) in [7, 11) is -3.35. The zero-order valence-electron chi connectivity index (χ0n) is 13.6. The highest BCUT2D eigenvalue weighted by atomic mass is 32.2. The number of hydrogen-bond donors (Lipinski definition) is 1. The van der Waals surface area contributed by atoms with E-state index in [9.17, 15) is 13.2 Å². The monoisotopic (exact) mass is 345 g/mol. The molecular weight excluding hydrogens is 326 g/mol. The van der Waals surface area contributed by atoms with E-state index in [0.29, 0.717) is 18.6 Å². The van der Waals surface area contributed by atoms with Gasteiger partial charge in [-0.05, 0) is 42.7 Å². The van der Waals surface area contributed by atoms with Crippen molar-refractivity contribution in [2.24, 2.45) is 0 Å². The van der Waals surface area contributed by atoms with Crippen LogP contribution in [-0.2, 0) is 16.3 Å². The quantitative estimate of drug-likeness (QED) is 0.925. The Balaban J connectivity index is 1.79. The van der Waals surface area contributed by atoms with E-state index in [1.165, 1.54) is 12.1 Å². The molecule has 2 aromatic carbocycles. The standard InChI is InChI=1S/C18H19NO4S/c1-12-7-8-15(24(2,21)22)10-16(12)18(20)19-14-9-13-5-3-4-6-17(13)23-11-14/h3-8,10,14H,9,11H2,1-2H3,(H,19,20)/t14-/m1/s1. The average molecular weight is 345 g/mol. The Hall–Kier alpha value is -2.34. The van der Waals surface area contributed by atoms with Gasteiger partial charge in [0.1, 0.15) is 12.4 Å². The Kier molecular flexibility index (Phi) is 4.32. The van der Waals surface area contributed by atoms with Crippen LogP contribution < -0.4 is 10.1 Å². The lowest BCUT2D eigenvalue weighted by molar-refractivity contribution is 0.0914. The fourth-order valence-corrected chi connectivity index (χ4v) is 3.41. The molecule has 0 unspecified atom stereocenters. The van der Waals surface area contributed by atoms with Gasteiger partial charge in [0.15, 0.2) is 9.84 Å². The SMILES string of the molecule is Cc1ccc(S(C)(=O)=O)cc1C(=O)N[C@H]1COc2ccccc2C1. The van der Waals surface area contributed by atoms with Crippen LogP contribution in [0.3, 0.4) is 0 Å². The minimum Gasteiger partial charge on any atom is -0.491 e. The van der Waals surface area contributed by atoms with Gasteiger partial charge in [-0.1, -0.05) is 24.3 Å². The van der Waals surface area contributed by atoms with Gasteiger partial charge in [0.2, 0.25) is 0 Å². The van der Waals surface area contributed by atoms with Gasteiger partial charge >= 0.3 is 0 Å². The number of nitrogens with one attached hydrogen (secondary N) is 1. The maximum absolute atomic E-state index is 12.6. The number of rotatable bonds is 3. The minimum atomic E-state index is -3.35. The zero-order chi connectivity index (χ0) is 17.3. The van der Waals surface area contributed by atoms with Gasteiger partial charge in [-0.3, -0.25) is 4.79 Å². The number of fused-ring (bicyclic) bond motifs is 1. The van der Waals surface area contributed by atoms with Gasteiger partial charge in [-0.2, -0.15) is 0 Å². The molecule has 0 aliphatic carbocycles. The lowest BCUT2D eigenvalue weighted by Crippen LogP contribution is -2.42. The first kappa shape index (κ1) is 16.5. The van der Waals surface area contributed by atoms with E-state index < -0.39 is 9.84 Å². The summed E-state index contributed by atoms with van der Waals surface area (Å²) in [5.41, 5.74) is 2.16. The van der Waals surface area contributed by atoms with Crippen molar-refractivity contribution in [2.45, 2.75) is 24.3 Å². The van der Waals surface area contributed by atoms with Crippen LogP contribution >= 0.6 is 0 Å². The van der Waals surface area contributed by atoms with Gasteiger partial charge in [0, 0.05) is 11.8 Å². The number of hydrogen-bond acceptors (Lipinski definition) is 4. The van der Waals surface area contributed by atoms with E-state index in [4.69, 9.17) is 4.74 Å². The molecule has 3 rings (SSSR count). The fraction of sp³-hybridized carbons (Fsp3) is 0.278. The van der Waals surface area contributed by atoms with Gasteiger partial charge < -0.3 is 10.1 Å². The first-order valence-electron chi connectivity index (χ1n) is 7.67. The number of aryl methyl sites for hydroxylation is 1. The molecule has 6 heteroatoms. The Morgan fingerprint density at radius 3 is 2.71 bits per heavy atom. The Labute approximate surface area is 141 Å². The maximum atomic E-state index is 12.6. The minimum absolute atomic E-state index is 0.142. The fourth-order valence-electron chi connectivity index (χ4n) is 2.76. The van der Waals surface area contributed by atoms with Crippen LogP contribution in [0.15, 0.2) is 47.4 Å². The third-order valence-electron chi connectivity index (χ3n) is 4.10. The third kappa shape index (κ3) is 3.43. The maximum Gasteiger partial charge on any atom is 0.251 e. The second-order valence-corrected chi connectivity index (χ2v) is 8.06. The lowest BCUT2D eigenvalue weighted by atomic mass is 10.0. The molecule has 0 fully saturated rings. The smallest absolute Gasteiger partial charge is 0.251 e. The first-order chi connectivity index (χ1) is 11.3. The normalized spacial score (nSPS) is 16.8. The second kappa shape index (κ2) is 6.28. The van der Waals surface area contributed by atoms with Crippen molar-refractivity contribution in [3.05, 3.63) is 59.2 Å². The molecule has 2 aromatic rings. The number of amides is 1. The van der Waals surface area contributed by atoms with Crippen molar-refractivity contribution in [1.82, 2.24) is 5.32 Å². The van der Waals surface area contributed by atoms with Crippen molar-refractivity contribution in [1.29, 1.82) is 0 Å². The molecule has 0 radical (unpaired) electrons. The molecule has 0 aromatic heterocycles. The van der Waals surface area contributed by atoms with Crippen molar-refractivity contribution < 1.29 is 17.9 Å². The summed E-state index contributed by atoms with van der Waals surface area (Å²) in [6.07, 6.45) is 1.82. The Morgan fingerprint density at radius 1 is 1.21 bits per heavy atom. The Bertz CT molecular complexity index is 890. The van der Waals surface area contributed by atoms with E-state index in [0.717, 1.165) is 23.1 Å². The summed E-state index contributed by atoms with van der Waals surface area (Å²) in [6, 6.07) is 12.2. The average Bonchev–Trinajstić information content (AvgIpc) is 2.54. The summed E-state index contributed by atoms with van der Waals surface area (Å²) >= 11 is 0. The number of ether oxygens (including phenoxy) is 1. The van der Waals surface area contributed by atoms with Crippen molar-refractivity contribution in [2.75, 3.05) is 12.9 Å². The topological polar surface area (TPSA) is 72.5 Å². The predicted octanol–water partition coefficient (Wildman–Crippen LogP) is 2.13. The van der Waals surface area contributed by atoms with E-state index in [2.05, 4.69) is 5.32 Å². The van der Waals surface area contributed by atoms with E-state index in [-0.39, 0.29) is 16.8 Å². The van der Waals surface area contributed by atoms with Crippen LogP contribution in [-0.4, -0.2) is 33.2 Å². The summed E-state index contributed by atoms with van der Waals surface area (Å²) in [5, 5.41) is 2.94. The molecule has 24 heavy (non-hydrogen) atoms. The van der Waals surface area contributed by atoms with E-state index in [1.54, 1.807) is 13.0 Å². The number of sulfone groups is 1. The highest BCUT2D eigenvalue weighted by Crippen LogP contribution is 2.24. The molecule has 1 aliphatic heterocycles. The molecule has 5 nitrogen and oxygen atoms in total. The molecule has 0 saturated carbocycles. The van der Waals surface area contributed by atoms with Gasteiger partial charge in [0.25, 0.3) is 5.91 Å². The zero-order valence-corrected chi connectivity index (χ0v) is 14.4. The molecule has 0 saturated heterocycles. The molecule has 1 aliphatic rings. The summed E-state index contributed by atoms with van der Waals surface area (Å²) in [4.78, 5) is 12.7. The largest absolute Gasteiger partial charge is 0.491 e. The van der Waals surface area contributed by atoms with Crippen LogP contribution in [0.25, 0.3) is 0 Å². The molecule has 0 bridgehead atoms. The number of para-hydroxylation sites is 1. The van der Waals surface area contributed by atoms with Crippen LogP contribution in [0.4, 0.5) is 0 Å². The molecule has 1 atom stereocenters. The summed E-state index contributed by atoms with van der Waals surface area (Å²) in [5.74, 6) is 0.559. The molecule has 1 amide bonds. The van der Waals surface area contributed by atoms with E-state index in [1.807, 2.05) is 24.3 Å². The molecule has 126 valence electrons. The highest BCUT2D eigenvalue weighted by molar-refractivity contribution is 7.90. The first-order valence-corrected chi connectivity index (χ1v) is 9.56.